The average Bonchev–Trinajstić information content (AvgIpc) is 2.46. The predicted molar refractivity (Wildman–Crippen MR) is 81.4 cm³/mol. The number of carbonyl (C=O) groups excluding carboxylic acids is 1. The standard InChI is InChI=1S/C14H11BrN2O4/c15-10-2-1-3-13(8-10)21-9-14(18)16-11-4-6-12(7-5-11)17(19)20/h1-8H,9H2,(H,16,18). The average molecular weight is 351 g/mol. The Kier molecular flexibility index (Phi) is 4.89. The Morgan fingerprint density at radius 3 is 2.57 bits per heavy atom. The highest BCUT2D eigenvalue weighted by Gasteiger charge is 2.07. The van der Waals surface area contributed by atoms with E-state index in [9.17, 15) is 14.9 Å². The molecule has 0 saturated carbocycles. The molecule has 0 aromatic heterocycles. The minimum absolute atomic E-state index is 0.0293. The van der Waals surface area contributed by atoms with E-state index >= 15 is 0 Å². The van der Waals surface area contributed by atoms with Gasteiger partial charge in [0.05, 0.1) is 4.92 Å². The first-order valence-corrected chi connectivity index (χ1v) is 6.76. The van der Waals surface area contributed by atoms with Crippen molar-refractivity contribution < 1.29 is 14.5 Å². The van der Waals surface area contributed by atoms with Crippen molar-refractivity contribution in [3.05, 3.63) is 63.1 Å². The van der Waals surface area contributed by atoms with Crippen LogP contribution in [0.1, 0.15) is 0 Å². The smallest absolute Gasteiger partial charge is 0.269 e. The highest BCUT2D eigenvalue weighted by Crippen LogP contribution is 2.18. The molecule has 0 unspecified atom stereocenters. The highest BCUT2D eigenvalue weighted by molar-refractivity contribution is 9.10. The number of anilines is 1. The van der Waals surface area contributed by atoms with Gasteiger partial charge in [0.25, 0.3) is 11.6 Å². The number of hydrogen-bond acceptors (Lipinski definition) is 4. The van der Waals surface area contributed by atoms with Crippen LogP contribution >= 0.6 is 15.9 Å². The van der Waals surface area contributed by atoms with Gasteiger partial charge in [-0.15, -0.1) is 0 Å². The second-order valence-corrected chi connectivity index (χ2v) is 5.01. The predicted octanol–water partition coefficient (Wildman–Crippen LogP) is 3.37. The number of carbonyl (C=O) groups is 1. The van der Waals surface area contributed by atoms with Gasteiger partial charge in [-0.1, -0.05) is 22.0 Å². The molecule has 0 radical (unpaired) electrons. The summed E-state index contributed by atoms with van der Waals surface area (Å²) in [6.45, 7) is -0.145. The van der Waals surface area contributed by atoms with Gasteiger partial charge in [0.15, 0.2) is 6.61 Å². The van der Waals surface area contributed by atoms with Gasteiger partial charge in [-0.05, 0) is 30.3 Å². The third-order valence-corrected chi connectivity index (χ3v) is 3.02. The van der Waals surface area contributed by atoms with Crippen molar-refractivity contribution in [3.8, 4) is 5.75 Å². The number of amides is 1. The molecule has 6 nitrogen and oxygen atoms in total. The molecule has 0 spiro atoms. The van der Waals surface area contributed by atoms with Crippen molar-refractivity contribution in [2.75, 3.05) is 11.9 Å². The first-order valence-electron chi connectivity index (χ1n) is 5.97. The highest BCUT2D eigenvalue weighted by atomic mass is 79.9. The number of ether oxygens (including phenoxy) is 1. The van der Waals surface area contributed by atoms with Crippen molar-refractivity contribution in [2.45, 2.75) is 0 Å². The van der Waals surface area contributed by atoms with Crippen molar-refractivity contribution in [1.29, 1.82) is 0 Å². The first-order chi connectivity index (χ1) is 10.0. The zero-order valence-corrected chi connectivity index (χ0v) is 12.4. The van der Waals surface area contributed by atoms with Crippen molar-refractivity contribution in [3.63, 3.8) is 0 Å². The summed E-state index contributed by atoms with van der Waals surface area (Å²) in [7, 11) is 0. The zero-order valence-electron chi connectivity index (χ0n) is 10.8. The molecule has 7 heteroatoms. The van der Waals surface area contributed by atoms with Gasteiger partial charge < -0.3 is 10.1 Å². The van der Waals surface area contributed by atoms with Gasteiger partial charge in [-0.3, -0.25) is 14.9 Å². The minimum Gasteiger partial charge on any atom is -0.484 e. The van der Waals surface area contributed by atoms with E-state index in [-0.39, 0.29) is 18.2 Å². The number of nitrogens with zero attached hydrogens (tertiary/aromatic N) is 1. The number of benzene rings is 2. The Morgan fingerprint density at radius 1 is 1.24 bits per heavy atom. The molecule has 0 aliphatic heterocycles. The van der Waals surface area contributed by atoms with Crippen LogP contribution in [0.4, 0.5) is 11.4 Å². The number of halogens is 1. The molecule has 108 valence electrons. The number of nitro benzene ring substituents is 1. The quantitative estimate of drug-likeness (QED) is 0.661. The summed E-state index contributed by atoms with van der Waals surface area (Å²) in [6, 6.07) is 12.7. The van der Waals surface area contributed by atoms with Crippen LogP contribution in [0.25, 0.3) is 0 Å². The first kappa shape index (κ1) is 15.0. The molecule has 0 fully saturated rings. The van der Waals surface area contributed by atoms with E-state index in [0.717, 1.165) is 4.47 Å². The van der Waals surface area contributed by atoms with E-state index in [1.54, 1.807) is 18.2 Å². The lowest BCUT2D eigenvalue weighted by atomic mass is 10.3. The maximum Gasteiger partial charge on any atom is 0.269 e. The fourth-order valence-electron chi connectivity index (χ4n) is 1.57. The molecule has 21 heavy (non-hydrogen) atoms. The van der Waals surface area contributed by atoms with Crippen LogP contribution in [0.15, 0.2) is 53.0 Å². The van der Waals surface area contributed by atoms with Crippen LogP contribution in [-0.2, 0) is 4.79 Å². The van der Waals surface area contributed by atoms with Crippen molar-refractivity contribution in [1.82, 2.24) is 0 Å². The Morgan fingerprint density at radius 2 is 1.95 bits per heavy atom. The number of hydrogen-bond donors (Lipinski definition) is 1. The van der Waals surface area contributed by atoms with Gasteiger partial charge in [0.1, 0.15) is 5.75 Å². The second kappa shape index (κ2) is 6.85. The van der Waals surface area contributed by atoms with E-state index < -0.39 is 4.92 Å². The molecule has 0 aliphatic carbocycles. The summed E-state index contributed by atoms with van der Waals surface area (Å²) in [4.78, 5) is 21.7. The third kappa shape index (κ3) is 4.57. The van der Waals surface area contributed by atoms with Crippen molar-refractivity contribution >= 4 is 33.2 Å². The minimum atomic E-state index is -0.498. The molecule has 1 N–H and O–H groups in total. The van der Waals surface area contributed by atoms with E-state index in [1.807, 2.05) is 6.07 Å². The van der Waals surface area contributed by atoms with E-state index in [0.29, 0.717) is 11.4 Å². The Hall–Kier alpha value is -2.41. The van der Waals surface area contributed by atoms with Crippen LogP contribution in [0.5, 0.6) is 5.75 Å². The fourth-order valence-corrected chi connectivity index (χ4v) is 1.95. The normalized spacial score (nSPS) is 9.95. The van der Waals surface area contributed by atoms with Gasteiger partial charge in [0, 0.05) is 22.3 Å². The molecular weight excluding hydrogens is 340 g/mol. The summed E-state index contributed by atoms with van der Waals surface area (Å²) in [6.07, 6.45) is 0. The van der Waals surface area contributed by atoms with Gasteiger partial charge in [0.2, 0.25) is 0 Å². The van der Waals surface area contributed by atoms with E-state index in [4.69, 9.17) is 4.74 Å². The number of rotatable bonds is 5. The molecule has 0 saturated heterocycles. The summed E-state index contributed by atoms with van der Waals surface area (Å²) < 4.78 is 6.19. The summed E-state index contributed by atoms with van der Waals surface area (Å²) in [5.74, 6) is 0.229. The molecule has 0 aliphatic rings. The lowest BCUT2D eigenvalue weighted by Gasteiger charge is -2.07. The Balaban J connectivity index is 1.88. The lowest BCUT2D eigenvalue weighted by Crippen LogP contribution is -2.20. The third-order valence-electron chi connectivity index (χ3n) is 2.53. The molecule has 0 heterocycles. The van der Waals surface area contributed by atoms with Gasteiger partial charge >= 0.3 is 0 Å². The summed E-state index contributed by atoms with van der Waals surface area (Å²) >= 11 is 3.31. The topological polar surface area (TPSA) is 81.5 Å². The maximum absolute atomic E-state index is 11.7. The monoisotopic (exact) mass is 350 g/mol. The molecule has 0 bridgehead atoms. The molecule has 1 amide bonds. The number of nitrogens with one attached hydrogen (secondary N) is 1. The van der Waals surface area contributed by atoms with E-state index in [2.05, 4.69) is 21.2 Å². The Labute approximate surface area is 129 Å². The van der Waals surface area contributed by atoms with Crippen LogP contribution in [-0.4, -0.2) is 17.4 Å². The van der Waals surface area contributed by atoms with Crippen molar-refractivity contribution in [2.24, 2.45) is 0 Å². The van der Waals surface area contributed by atoms with Crippen LogP contribution < -0.4 is 10.1 Å². The van der Waals surface area contributed by atoms with Gasteiger partial charge in [-0.25, -0.2) is 0 Å². The molecule has 2 aromatic rings. The SMILES string of the molecule is O=C(COc1cccc(Br)c1)Nc1ccc([N+](=O)[O-])cc1. The largest absolute Gasteiger partial charge is 0.484 e. The summed E-state index contributed by atoms with van der Waals surface area (Å²) in [5, 5.41) is 13.1. The fraction of sp³-hybridized carbons (Fsp3) is 0.0714. The second-order valence-electron chi connectivity index (χ2n) is 4.10. The molecule has 2 aromatic carbocycles. The van der Waals surface area contributed by atoms with Crippen LogP contribution in [0.2, 0.25) is 0 Å². The van der Waals surface area contributed by atoms with Gasteiger partial charge in [-0.2, -0.15) is 0 Å². The lowest BCUT2D eigenvalue weighted by molar-refractivity contribution is -0.384. The van der Waals surface area contributed by atoms with E-state index in [1.165, 1.54) is 24.3 Å². The molecule has 0 atom stereocenters. The molecule has 2 rings (SSSR count). The molecular formula is C14H11BrN2O4. The van der Waals surface area contributed by atoms with Crippen LogP contribution in [0.3, 0.4) is 0 Å². The maximum atomic E-state index is 11.7. The number of nitro groups is 1. The van der Waals surface area contributed by atoms with Crippen LogP contribution in [0, 0.1) is 10.1 Å². The zero-order chi connectivity index (χ0) is 15.2. The Bertz CT molecular complexity index is 658. The number of non-ortho nitro benzene ring substituents is 1. The summed E-state index contributed by atoms with van der Waals surface area (Å²) in [5.41, 5.74) is 0.446.